The predicted molar refractivity (Wildman–Crippen MR) is 73.4 cm³/mol. The van der Waals surface area contributed by atoms with E-state index in [-0.39, 0.29) is 11.7 Å². The van der Waals surface area contributed by atoms with E-state index in [2.05, 4.69) is 16.8 Å². The second-order valence-electron chi connectivity index (χ2n) is 4.87. The van der Waals surface area contributed by atoms with Gasteiger partial charge >= 0.3 is 0 Å². The molecule has 1 heterocycles. The summed E-state index contributed by atoms with van der Waals surface area (Å²) in [5, 5.41) is 2.76. The molecular weight excluding hydrogens is 243 g/mol. The Kier molecular flexibility index (Phi) is 4.68. The first-order valence-electron chi connectivity index (χ1n) is 6.54. The maximum Gasteiger partial charge on any atom is 0.234 e. The van der Waals surface area contributed by atoms with E-state index in [9.17, 15) is 9.18 Å². The van der Waals surface area contributed by atoms with Gasteiger partial charge in [-0.25, -0.2) is 4.39 Å². The number of amides is 1. The number of carbonyl (C=O) groups excluding carboxylic acids is 1. The molecule has 19 heavy (non-hydrogen) atoms. The molecule has 0 bridgehead atoms. The van der Waals surface area contributed by atoms with Crippen molar-refractivity contribution >= 4 is 5.91 Å². The number of benzene rings is 1. The van der Waals surface area contributed by atoms with Crippen molar-refractivity contribution in [2.75, 3.05) is 26.2 Å². The fourth-order valence-corrected chi connectivity index (χ4v) is 2.45. The van der Waals surface area contributed by atoms with E-state index in [1.54, 1.807) is 18.2 Å². The lowest BCUT2D eigenvalue weighted by molar-refractivity contribution is -0.121. The first-order chi connectivity index (χ1) is 9.19. The second kappa shape index (κ2) is 6.48. The first kappa shape index (κ1) is 13.7. The first-order valence-corrected chi connectivity index (χ1v) is 6.54. The molecule has 1 aliphatic rings. The van der Waals surface area contributed by atoms with Crippen LogP contribution in [0.25, 0.3) is 0 Å². The highest BCUT2D eigenvalue weighted by Crippen LogP contribution is 2.27. The summed E-state index contributed by atoms with van der Waals surface area (Å²) in [4.78, 5) is 13.7. The van der Waals surface area contributed by atoms with Crippen LogP contribution in [0.3, 0.4) is 0 Å². The molecule has 1 aliphatic heterocycles. The van der Waals surface area contributed by atoms with E-state index in [1.165, 1.54) is 6.07 Å². The molecule has 0 aliphatic carbocycles. The van der Waals surface area contributed by atoms with Crippen molar-refractivity contribution in [2.45, 2.75) is 12.3 Å². The average Bonchev–Trinajstić information content (AvgIpc) is 2.85. The van der Waals surface area contributed by atoms with Gasteiger partial charge in [0, 0.05) is 13.1 Å². The van der Waals surface area contributed by atoms with Gasteiger partial charge in [0.2, 0.25) is 5.91 Å². The van der Waals surface area contributed by atoms with E-state index < -0.39 is 0 Å². The number of hydrogen-bond acceptors (Lipinski definition) is 2. The topological polar surface area (TPSA) is 32.3 Å². The van der Waals surface area contributed by atoms with Crippen LogP contribution in [-0.4, -0.2) is 37.0 Å². The third-order valence-electron chi connectivity index (χ3n) is 3.40. The van der Waals surface area contributed by atoms with Gasteiger partial charge in [-0.3, -0.25) is 9.69 Å². The van der Waals surface area contributed by atoms with Gasteiger partial charge in [0.05, 0.1) is 6.54 Å². The van der Waals surface area contributed by atoms with Gasteiger partial charge in [-0.05, 0) is 36.6 Å². The number of carbonyl (C=O) groups is 1. The number of rotatable bonds is 5. The molecule has 1 saturated heterocycles. The Balaban J connectivity index is 1.86. The Morgan fingerprint density at radius 2 is 2.42 bits per heavy atom. The maximum atomic E-state index is 13.2. The molecular formula is C15H19FN2O. The van der Waals surface area contributed by atoms with Crippen LogP contribution in [0.5, 0.6) is 0 Å². The highest BCUT2D eigenvalue weighted by Gasteiger charge is 2.25. The van der Waals surface area contributed by atoms with Gasteiger partial charge in [0.1, 0.15) is 5.82 Å². The van der Waals surface area contributed by atoms with Crippen molar-refractivity contribution in [1.82, 2.24) is 10.2 Å². The van der Waals surface area contributed by atoms with Crippen molar-refractivity contribution in [3.8, 4) is 0 Å². The number of likely N-dealkylation sites (tertiary alicyclic amines) is 1. The van der Waals surface area contributed by atoms with Crippen molar-refractivity contribution in [3.05, 3.63) is 48.3 Å². The molecule has 4 heteroatoms. The molecule has 1 N–H and O–H groups in total. The summed E-state index contributed by atoms with van der Waals surface area (Å²) in [6.07, 6.45) is 2.63. The molecule has 1 aromatic carbocycles. The summed E-state index contributed by atoms with van der Waals surface area (Å²) in [5.41, 5.74) is 1.02. The molecule has 102 valence electrons. The Morgan fingerprint density at radius 3 is 3.16 bits per heavy atom. The van der Waals surface area contributed by atoms with Gasteiger partial charge in [-0.15, -0.1) is 6.58 Å². The third kappa shape index (κ3) is 3.89. The molecule has 1 fully saturated rings. The van der Waals surface area contributed by atoms with Gasteiger partial charge in [0.25, 0.3) is 0 Å². The number of nitrogens with zero attached hydrogens (tertiary/aromatic N) is 1. The van der Waals surface area contributed by atoms with Crippen molar-refractivity contribution in [3.63, 3.8) is 0 Å². The zero-order valence-corrected chi connectivity index (χ0v) is 10.9. The molecule has 0 saturated carbocycles. The van der Waals surface area contributed by atoms with Gasteiger partial charge < -0.3 is 5.32 Å². The molecule has 0 unspecified atom stereocenters. The molecule has 1 amide bonds. The zero-order chi connectivity index (χ0) is 13.7. The van der Waals surface area contributed by atoms with E-state index >= 15 is 0 Å². The van der Waals surface area contributed by atoms with Crippen molar-refractivity contribution in [2.24, 2.45) is 0 Å². The van der Waals surface area contributed by atoms with Crippen LogP contribution in [-0.2, 0) is 4.79 Å². The molecule has 0 aromatic heterocycles. The summed E-state index contributed by atoms with van der Waals surface area (Å²) in [5.74, 6) is 0.141. The fourth-order valence-electron chi connectivity index (χ4n) is 2.45. The van der Waals surface area contributed by atoms with E-state index in [0.717, 1.165) is 25.1 Å². The van der Waals surface area contributed by atoms with Crippen LogP contribution in [0.1, 0.15) is 17.9 Å². The fraction of sp³-hybridized carbons (Fsp3) is 0.400. The smallest absolute Gasteiger partial charge is 0.234 e. The number of hydrogen-bond donors (Lipinski definition) is 1. The molecule has 0 radical (unpaired) electrons. The summed E-state index contributed by atoms with van der Waals surface area (Å²) in [6, 6.07) is 6.74. The maximum absolute atomic E-state index is 13.2. The van der Waals surface area contributed by atoms with E-state index in [1.807, 2.05) is 6.07 Å². The van der Waals surface area contributed by atoms with Crippen LogP contribution >= 0.6 is 0 Å². The molecule has 1 atom stereocenters. The molecule has 0 spiro atoms. The average molecular weight is 262 g/mol. The van der Waals surface area contributed by atoms with Gasteiger partial charge in [-0.1, -0.05) is 18.2 Å². The lowest BCUT2D eigenvalue weighted by atomic mass is 9.98. The lowest BCUT2D eigenvalue weighted by Crippen LogP contribution is -2.36. The Bertz CT molecular complexity index is 461. The lowest BCUT2D eigenvalue weighted by Gasteiger charge is -2.15. The van der Waals surface area contributed by atoms with Crippen LogP contribution in [0, 0.1) is 5.82 Å². The summed E-state index contributed by atoms with van der Waals surface area (Å²) in [7, 11) is 0. The number of nitrogens with one attached hydrogen (secondary N) is 1. The summed E-state index contributed by atoms with van der Waals surface area (Å²) < 4.78 is 13.2. The van der Waals surface area contributed by atoms with Crippen LogP contribution < -0.4 is 5.32 Å². The van der Waals surface area contributed by atoms with E-state index in [0.29, 0.717) is 19.0 Å². The van der Waals surface area contributed by atoms with E-state index in [4.69, 9.17) is 0 Å². The summed E-state index contributed by atoms with van der Waals surface area (Å²) in [6.45, 7) is 6.15. The standard InChI is InChI=1S/C15H19FN2O/c1-2-7-17-15(19)11-18-8-6-13(10-18)12-4-3-5-14(16)9-12/h2-5,9,13H,1,6-8,10-11H2,(H,17,19)/t13-/m1/s1. The van der Waals surface area contributed by atoms with Crippen molar-refractivity contribution in [1.29, 1.82) is 0 Å². The Labute approximate surface area is 113 Å². The van der Waals surface area contributed by atoms with Crippen molar-refractivity contribution < 1.29 is 9.18 Å². The highest BCUT2D eigenvalue weighted by atomic mass is 19.1. The largest absolute Gasteiger partial charge is 0.352 e. The van der Waals surface area contributed by atoms with Gasteiger partial charge in [0.15, 0.2) is 0 Å². The summed E-state index contributed by atoms with van der Waals surface area (Å²) >= 11 is 0. The monoisotopic (exact) mass is 262 g/mol. The minimum atomic E-state index is -0.195. The molecule has 1 aromatic rings. The zero-order valence-electron chi connectivity index (χ0n) is 10.9. The second-order valence-corrected chi connectivity index (χ2v) is 4.87. The number of halogens is 1. The molecule has 2 rings (SSSR count). The quantitative estimate of drug-likeness (QED) is 0.822. The normalized spacial score (nSPS) is 19.3. The third-order valence-corrected chi connectivity index (χ3v) is 3.40. The predicted octanol–water partition coefficient (Wildman–Crippen LogP) is 1.92. The SMILES string of the molecule is C=CCNC(=O)CN1CC[C@@H](c2cccc(F)c2)C1. The highest BCUT2D eigenvalue weighted by molar-refractivity contribution is 5.78. The van der Waals surface area contributed by atoms with Crippen LogP contribution in [0.15, 0.2) is 36.9 Å². The van der Waals surface area contributed by atoms with Gasteiger partial charge in [-0.2, -0.15) is 0 Å². The minimum absolute atomic E-state index is 0.0137. The minimum Gasteiger partial charge on any atom is -0.352 e. The molecule has 3 nitrogen and oxygen atoms in total. The van der Waals surface area contributed by atoms with Crippen LogP contribution in [0.2, 0.25) is 0 Å². The van der Waals surface area contributed by atoms with Crippen LogP contribution in [0.4, 0.5) is 4.39 Å². The Morgan fingerprint density at radius 1 is 1.58 bits per heavy atom. The Hall–Kier alpha value is -1.68.